The molecule has 0 saturated carbocycles. The SMILES string of the molecule is CC1(c2nc(-c3ccccc3)nc(-c3cccc(P(=O)(c4ccccc4)c4cccc(-n5c6ccccc6c6cc(-c7ccc8c(c7)c7ccccc7n8-c7ccccc7)ccc65)c4)c3)n2)C=CC=CC1. The van der Waals surface area contributed by atoms with Gasteiger partial charge in [-0.2, -0.15) is 0 Å². The summed E-state index contributed by atoms with van der Waals surface area (Å²) in [6, 6.07) is 77.7. The number of allylic oxidation sites excluding steroid dienone is 4. The zero-order valence-electron chi connectivity index (χ0n) is 39.0. The second kappa shape index (κ2) is 17.1. The Bertz CT molecular complexity index is 4140. The molecule has 0 fully saturated rings. The highest BCUT2D eigenvalue weighted by atomic mass is 31.2. The van der Waals surface area contributed by atoms with E-state index in [2.05, 4.69) is 168 Å². The molecule has 12 aromatic rings. The highest BCUT2D eigenvalue weighted by Crippen LogP contribution is 2.45. The Labute approximate surface area is 412 Å². The number of hydrogen-bond acceptors (Lipinski definition) is 4. The highest BCUT2D eigenvalue weighted by molar-refractivity contribution is 7.85. The Morgan fingerprint density at radius 3 is 1.54 bits per heavy atom. The maximum Gasteiger partial charge on any atom is 0.171 e. The van der Waals surface area contributed by atoms with E-state index in [9.17, 15) is 0 Å². The molecule has 0 N–H and O–H groups in total. The van der Waals surface area contributed by atoms with Gasteiger partial charge in [-0.05, 0) is 91.2 Å². The summed E-state index contributed by atoms with van der Waals surface area (Å²) in [7, 11) is -3.51. The molecule has 71 heavy (non-hydrogen) atoms. The highest BCUT2D eigenvalue weighted by Gasteiger charge is 2.32. The first kappa shape index (κ1) is 42.4. The van der Waals surface area contributed by atoms with Crippen molar-refractivity contribution in [3.05, 3.63) is 255 Å². The lowest BCUT2D eigenvalue weighted by atomic mass is 9.83. The van der Waals surface area contributed by atoms with E-state index < -0.39 is 12.6 Å². The Morgan fingerprint density at radius 2 is 0.901 bits per heavy atom. The van der Waals surface area contributed by atoms with E-state index in [1.807, 2.05) is 97.1 Å². The molecule has 0 aliphatic heterocycles. The zero-order valence-corrected chi connectivity index (χ0v) is 39.9. The van der Waals surface area contributed by atoms with Gasteiger partial charge in [-0.15, -0.1) is 0 Å². The summed E-state index contributed by atoms with van der Waals surface area (Å²) in [5.74, 6) is 1.83. The zero-order chi connectivity index (χ0) is 47.5. The molecule has 13 rings (SSSR count). The predicted octanol–water partition coefficient (Wildman–Crippen LogP) is 14.5. The normalized spacial score (nSPS) is 15.5. The van der Waals surface area contributed by atoms with Crippen LogP contribution in [0.5, 0.6) is 0 Å². The Morgan fingerprint density at radius 1 is 0.408 bits per heavy atom. The van der Waals surface area contributed by atoms with Crippen molar-refractivity contribution in [2.75, 3.05) is 0 Å². The van der Waals surface area contributed by atoms with E-state index >= 15 is 4.57 Å². The molecule has 6 nitrogen and oxygen atoms in total. The molecular weight excluding hydrogens is 886 g/mol. The van der Waals surface area contributed by atoms with Gasteiger partial charge in [-0.1, -0.05) is 182 Å². The quantitative estimate of drug-likeness (QED) is 0.135. The topological polar surface area (TPSA) is 65.6 Å². The molecule has 0 bridgehead atoms. The molecule has 0 radical (unpaired) electrons. The summed E-state index contributed by atoms with van der Waals surface area (Å²) in [5, 5.41) is 6.92. The fourth-order valence-electron chi connectivity index (χ4n) is 10.6. The van der Waals surface area contributed by atoms with Gasteiger partial charge in [0.05, 0.1) is 22.1 Å². The molecule has 9 aromatic carbocycles. The van der Waals surface area contributed by atoms with Gasteiger partial charge in [0.25, 0.3) is 0 Å². The van der Waals surface area contributed by atoms with Gasteiger partial charge in [-0.3, -0.25) is 0 Å². The first-order valence-corrected chi connectivity index (χ1v) is 25.8. The minimum absolute atomic E-state index is 0.415. The van der Waals surface area contributed by atoms with Gasteiger partial charge in [0.2, 0.25) is 0 Å². The Balaban J connectivity index is 0.933. The summed E-state index contributed by atoms with van der Waals surface area (Å²) in [6.45, 7) is 2.16. The number of hydrogen-bond donors (Lipinski definition) is 0. The van der Waals surface area contributed by atoms with Crippen molar-refractivity contribution in [1.82, 2.24) is 24.1 Å². The predicted molar refractivity (Wildman–Crippen MR) is 294 cm³/mol. The number of para-hydroxylation sites is 3. The van der Waals surface area contributed by atoms with E-state index in [0.717, 1.165) is 72.5 Å². The van der Waals surface area contributed by atoms with Crippen LogP contribution >= 0.6 is 7.14 Å². The maximum atomic E-state index is 16.5. The lowest BCUT2D eigenvalue weighted by Gasteiger charge is -2.25. The van der Waals surface area contributed by atoms with Gasteiger partial charge in [0.1, 0.15) is 5.82 Å². The molecule has 7 heteroatoms. The second-order valence-corrected chi connectivity index (χ2v) is 21.4. The first-order valence-electron chi connectivity index (χ1n) is 24.1. The van der Waals surface area contributed by atoms with Crippen LogP contribution in [0, 0.1) is 0 Å². The minimum atomic E-state index is -3.51. The summed E-state index contributed by atoms with van der Waals surface area (Å²) in [5.41, 5.74) is 10.1. The molecular formula is C64H46N5OP. The smallest absolute Gasteiger partial charge is 0.171 e. The van der Waals surface area contributed by atoms with E-state index in [4.69, 9.17) is 15.0 Å². The third-order valence-electron chi connectivity index (χ3n) is 14.2. The molecule has 3 heterocycles. The van der Waals surface area contributed by atoms with Crippen LogP contribution in [-0.2, 0) is 9.98 Å². The molecule has 3 aromatic heterocycles. The lowest BCUT2D eigenvalue weighted by molar-refractivity contribution is 0.554. The van der Waals surface area contributed by atoms with Crippen LogP contribution in [0.2, 0.25) is 0 Å². The number of benzene rings is 9. The number of rotatable bonds is 9. The van der Waals surface area contributed by atoms with Gasteiger partial charge in [0.15, 0.2) is 18.8 Å². The van der Waals surface area contributed by atoms with Crippen LogP contribution in [0.3, 0.4) is 0 Å². The van der Waals surface area contributed by atoms with Crippen LogP contribution < -0.4 is 15.9 Å². The molecule has 2 unspecified atom stereocenters. The average molecular weight is 932 g/mol. The molecule has 0 spiro atoms. The van der Waals surface area contributed by atoms with E-state index in [1.165, 1.54) is 21.8 Å². The van der Waals surface area contributed by atoms with Crippen molar-refractivity contribution in [2.24, 2.45) is 0 Å². The van der Waals surface area contributed by atoms with Crippen LogP contribution in [-0.4, -0.2) is 24.1 Å². The van der Waals surface area contributed by atoms with Crippen molar-refractivity contribution in [2.45, 2.75) is 18.8 Å². The summed E-state index contributed by atoms with van der Waals surface area (Å²) in [4.78, 5) is 15.3. The van der Waals surface area contributed by atoms with Gasteiger partial charge >= 0.3 is 0 Å². The van der Waals surface area contributed by atoms with E-state index in [0.29, 0.717) is 22.8 Å². The third-order valence-corrected chi connectivity index (χ3v) is 17.2. The van der Waals surface area contributed by atoms with Crippen LogP contribution in [0.4, 0.5) is 0 Å². The van der Waals surface area contributed by atoms with Gasteiger partial charge < -0.3 is 13.7 Å². The van der Waals surface area contributed by atoms with Crippen LogP contribution in [0.1, 0.15) is 19.2 Å². The van der Waals surface area contributed by atoms with Crippen molar-refractivity contribution in [3.63, 3.8) is 0 Å². The number of aromatic nitrogens is 5. The number of nitrogens with zero attached hydrogens (tertiary/aromatic N) is 5. The van der Waals surface area contributed by atoms with Crippen LogP contribution in [0.25, 0.3) is 88.9 Å². The van der Waals surface area contributed by atoms with Crippen LogP contribution in [0.15, 0.2) is 249 Å². The summed E-state index contributed by atoms with van der Waals surface area (Å²) < 4.78 is 21.1. The molecule has 338 valence electrons. The fourth-order valence-corrected chi connectivity index (χ4v) is 13.3. The van der Waals surface area contributed by atoms with Gasteiger partial charge in [-0.25, -0.2) is 15.0 Å². The molecule has 1 aliphatic rings. The molecule has 0 saturated heterocycles. The monoisotopic (exact) mass is 931 g/mol. The van der Waals surface area contributed by atoms with Crippen molar-refractivity contribution >= 4 is 66.7 Å². The first-order chi connectivity index (χ1) is 34.9. The van der Waals surface area contributed by atoms with Crippen molar-refractivity contribution < 1.29 is 4.57 Å². The van der Waals surface area contributed by atoms with Crippen molar-refractivity contribution in [1.29, 1.82) is 0 Å². The van der Waals surface area contributed by atoms with Gasteiger partial charge in [0, 0.05) is 65.4 Å². The number of fused-ring (bicyclic) bond motifs is 6. The third kappa shape index (κ3) is 7.18. The molecule has 1 aliphatic carbocycles. The molecule has 0 amide bonds. The second-order valence-electron chi connectivity index (χ2n) is 18.6. The minimum Gasteiger partial charge on any atom is -0.309 e. The van der Waals surface area contributed by atoms with E-state index in [-0.39, 0.29) is 0 Å². The van der Waals surface area contributed by atoms with Crippen molar-refractivity contribution in [3.8, 4) is 45.3 Å². The Hall–Kier alpha value is -8.70. The maximum absolute atomic E-state index is 16.5. The average Bonchev–Trinajstić information content (AvgIpc) is 3.96. The molecule has 2 atom stereocenters. The largest absolute Gasteiger partial charge is 0.309 e. The fraction of sp³-hybridized carbons (Fsp3) is 0.0469. The standard InChI is InChI=1S/C64H46N5OP/c1-64(38-16-5-17-39-64)63-66-61(44-20-6-2-7-21-44)65-62(67-63)47-22-18-28-51(40-47)71(70,50-26-10-4-11-27-50)52-29-19-25-49(43-52)69-58-33-15-13-31-54(58)56-42-46(35-37-60(56)69)45-34-36-59-55(41-45)53-30-12-14-32-57(53)68(59)48-23-8-3-9-24-48/h2-38,40-43H,39H2,1H3. The summed E-state index contributed by atoms with van der Waals surface area (Å²) >= 11 is 0. The Kier molecular flexibility index (Phi) is 10.2. The summed E-state index contributed by atoms with van der Waals surface area (Å²) in [6.07, 6.45) is 9.21. The lowest BCUT2D eigenvalue weighted by Crippen LogP contribution is -2.26. The van der Waals surface area contributed by atoms with E-state index in [1.54, 1.807) is 0 Å².